The molecule has 5 heteroatoms. The number of likely N-dealkylation sites (tertiary alicyclic amines) is 1. The second-order valence-corrected chi connectivity index (χ2v) is 6.34. The predicted octanol–water partition coefficient (Wildman–Crippen LogP) is 2.84. The monoisotopic (exact) mass is 301 g/mol. The molecule has 118 valence electrons. The molecular weight excluding hydrogens is 278 g/mol. The summed E-state index contributed by atoms with van der Waals surface area (Å²) in [5.74, 6) is 0.0502. The molecule has 0 amide bonds. The van der Waals surface area contributed by atoms with Gasteiger partial charge in [0.05, 0.1) is 17.3 Å². The summed E-state index contributed by atoms with van der Waals surface area (Å²) in [5.41, 5.74) is 0.988. The maximum atomic E-state index is 11.3. The molecule has 0 saturated carbocycles. The van der Waals surface area contributed by atoms with Crippen molar-refractivity contribution < 1.29 is 9.90 Å². The van der Waals surface area contributed by atoms with Gasteiger partial charge in [0.2, 0.25) is 0 Å². The first kappa shape index (κ1) is 15.0. The van der Waals surface area contributed by atoms with Gasteiger partial charge in [-0.1, -0.05) is 6.42 Å². The Bertz CT molecular complexity index is 678. The number of fused-ring (bicyclic) bond motifs is 1. The summed E-state index contributed by atoms with van der Waals surface area (Å²) in [6, 6.07) is 4.44. The fourth-order valence-corrected chi connectivity index (χ4v) is 3.54. The van der Waals surface area contributed by atoms with Gasteiger partial charge in [-0.2, -0.15) is 0 Å². The highest BCUT2D eigenvalue weighted by molar-refractivity contribution is 5.95. The molecule has 0 aromatic carbocycles. The number of imidazole rings is 1. The van der Waals surface area contributed by atoms with E-state index in [4.69, 9.17) is 0 Å². The number of carboxylic acid groups (broad SMARTS) is 1. The molecule has 1 unspecified atom stereocenters. The fourth-order valence-electron chi connectivity index (χ4n) is 3.54. The van der Waals surface area contributed by atoms with Crippen LogP contribution in [0.3, 0.4) is 0 Å². The minimum Gasteiger partial charge on any atom is -0.478 e. The van der Waals surface area contributed by atoms with Crippen LogP contribution in [-0.4, -0.2) is 44.0 Å². The van der Waals surface area contributed by atoms with Crippen molar-refractivity contribution in [1.82, 2.24) is 14.3 Å². The Kier molecular flexibility index (Phi) is 4.16. The molecular formula is C17H23N3O2. The molecule has 0 spiro atoms. The number of aromatic nitrogens is 2. The number of carbonyl (C=O) groups is 1. The number of aromatic carboxylic acids is 1. The maximum absolute atomic E-state index is 11.3. The summed E-state index contributed by atoms with van der Waals surface area (Å²) in [4.78, 5) is 18.4. The van der Waals surface area contributed by atoms with E-state index in [1.54, 1.807) is 18.3 Å². The Morgan fingerprint density at radius 1 is 1.45 bits per heavy atom. The van der Waals surface area contributed by atoms with Gasteiger partial charge >= 0.3 is 5.97 Å². The minimum atomic E-state index is -0.904. The summed E-state index contributed by atoms with van der Waals surface area (Å²) in [5, 5.41) is 9.28. The fraction of sp³-hybridized carbons (Fsp3) is 0.529. The molecule has 0 radical (unpaired) electrons. The SMILES string of the molecule is CC(C)N1CCCCC1Cc1ncc2c(C(=O)O)cccn12. The first-order chi connectivity index (χ1) is 10.6. The van der Waals surface area contributed by atoms with Crippen LogP contribution in [0.25, 0.3) is 5.52 Å². The number of rotatable bonds is 4. The Balaban J connectivity index is 1.91. The van der Waals surface area contributed by atoms with Crippen LogP contribution in [0.4, 0.5) is 0 Å². The Hall–Kier alpha value is -1.88. The van der Waals surface area contributed by atoms with Crippen LogP contribution in [0.1, 0.15) is 49.3 Å². The smallest absolute Gasteiger partial charge is 0.337 e. The summed E-state index contributed by atoms with van der Waals surface area (Å²) < 4.78 is 1.93. The standard InChI is InChI=1S/C17H23N3O2/c1-12(2)19-8-4-3-6-13(19)10-16-18-11-15-14(17(21)22)7-5-9-20(15)16/h5,7,9,11-13H,3-4,6,8,10H2,1-2H3,(H,21,22). The van der Waals surface area contributed by atoms with E-state index >= 15 is 0 Å². The molecule has 0 bridgehead atoms. The molecule has 22 heavy (non-hydrogen) atoms. The van der Waals surface area contributed by atoms with E-state index in [2.05, 4.69) is 23.7 Å². The summed E-state index contributed by atoms with van der Waals surface area (Å²) in [6.07, 6.45) is 8.17. The lowest BCUT2D eigenvalue weighted by Gasteiger charge is -2.38. The van der Waals surface area contributed by atoms with Gasteiger partial charge in [-0.05, 0) is 45.4 Å². The van der Waals surface area contributed by atoms with Crippen molar-refractivity contribution in [3.8, 4) is 0 Å². The lowest BCUT2D eigenvalue weighted by atomic mass is 9.97. The topological polar surface area (TPSA) is 57.8 Å². The van der Waals surface area contributed by atoms with E-state index in [1.807, 2.05) is 10.6 Å². The van der Waals surface area contributed by atoms with Gasteiger partial charge in [0, 0.05) is 24.7 Å². The lowest BCUT2D eigenvalue weighted by Crippen LogP contribution is -2.45. The van der Waals surface area contributed by atoms with Gasteiger partial charge < -0.3 is 9.51 Å². The van der Waals surface area contributed by atoms with E-state index in [0.29, 0.717) is 23.2 Å². The largest absolute Gasteiger partial charge is 0.478 e. The molecule has 1 saturated heterocycles. The average Bonchev–Trinajstić information content (AvgIpc) is 2.90. The van der Waals surface area contributed by atoms with E-state index in [0.717, 1.165) is 18.8 Å². The highest BCUT2D eigenvalue weighted by atomic mass is 16.4. The van der Waals surface area contributed by atoms with Crippen LogP contribution in [-0.2, 0) is 6.42 Å². The first-order valence-corrected chi connectivity index (χ1v) is 8.02. The molecule has 1 aliphatic heterocycles. The van der Waals surface area contributed by atoms with E-state index < -0.39 is 5.97 Å². The van der Waals surface area contributed by atoms with Gasteiger partial charge in [0.25, 0.3) is 0 Å². The van der Waals surface area contributed by atoms with Gasteiger partial charge in [-0.15, -0.1) is 0 Å². The van der Waals surface area contributed by atoms with Crippen LogP contribution in [0, 0.1) is 0 Å². The zero-order valence-electron chi connectivity index (χ0n) is 13.2. The van der Waals surface area contributed by atoms with Crippen molar-refractivity contribution in [2.75, 3.05) is 6.54 Å². The van der Waals surface area contributed by atoms with Crippen molar-refractivity contribution in [3.63, 3.8) is 0 Å². The number of piperidine rings is 1. The van der Waals surface area contributed by atoms with Crippen molar-refractivity contribution >= 4 is 11.5 Å². The quantitative estimate of drug-likeness (QED) is 0.943. The molecule has 3 rings (SSSR count). The normalized spacial score (nSPS) is 19.9. The molecule has 5 nitrogen and oxygen atoms in total. The predicted molar refractivity (Wildman–Crippen MR) is 85.3 cm³/mol. The molecule has 2 aromatic heterocycles. The van der Waals surface area contributed by atoms with E-state index in [-0.39, 0.29) is 0 Å². The first-order valence-electron chi connectivity index (χ1n) is 8.02. The molecule has 1 N–H and O–H groups in total. The second kappa shape index (κ2) is 6.08. The zero-order valence-corrected chi connectivity index (χ0v) is 13.2. The van der Waals surface area contributed by atoms with Crippen LogP contribution in [0.15, 0.2) is 24.5 Å². The van der Waals surface area contributed by atoms with Gasteiger partial charge in [0.1, 0.15) is 5.82 Å². The zero-order chi connectivity index (χ0) is 15.7. The molecule has 3 heterocycles. The third-order valence-electron chi connectivity index (χ3n) is 4.63. The average molecular weight is 301 g/mol. The van der Waals surface area contributed by atoms with Crippen molar-refractivity contribution in [2.24, 2.45) is 0 Å². The van der Waals surface area contributed by atoms with Gasteiger partial charge in [-0.3, -0.25) is 4.90 Å². The number of nitrogens with zero attached hydrogens (tertiary/aromatic N) is 3. The third-order valence-corrected chi connectivity index (χ3v) is 4.63. The third kappa shape index (κ3) is 2.73. The lowest BCUT2D eigenvalue weighted by molar-refractivity contribution is 0.0698. The maximum Gasteiger partial charge on any atom is 0.337 e. The number of carboxylic acids is 1. The van der Waals surface area contributed by atoms with Gasteiger partial charge in [0.15, 0.2) is 0 Å². The number of hydrogen-bond donors (Lipinski definition) is 1. The van der Waals surface area contributed by atoms with E-state index in [1.165, 1.54) is 19.3 Å². The van der Waals surface area contributed by atoms with Crippen molar-refractivity contribution in [3.05, 3.63) is 35.9 Å². The number of hydrogen-bond acceptors (Lipinski definition) is 3. The Morgan fingerprint density at radius 3 is 3.00 bits per heavy atom. The Labute approximate surface area is 130 Å². The van der Waals surface area contributed by atoms with Gasteiger partial charge in [-0.25, -0.2) is 9.78 Å². The molecule has 1 fully saturated rings. The second-order valence-electron chi connectivity index (χ2n) is 6.34. The molecule has 2 aromatic rings. The highest BCUT2D eigenvalue weighted by Crippen LogP contribution is 2.23. The molecule has 1 aliphatic rings. The molecule has 1 atom stereocenters. The van der Waals surface area contributed by atoms with Crippen LogP contribution >= 0.6 is 0 Å². The van der Waals surface area contributed by atoms with Crippen molar-refractivity contribution in [1.29, 1.82) is 0 Å². The van der Waals surface area contributed by atoms with Crippen LogP contribution < -0.4 is 0 Å². The summed E-state index contributed by atoms with van der Waals surface area (Å²) >= 11 is 0. The highest BCUT2D eigenvalue weighted by Gasteiger charge is 2.26. The minimum absolute atomic E-state index is 0.311. The van der Waals surface area contributed by atoms with Crippen molar-refractivity contribution in [2.45, 2.75) is 51.6 Å². The van der Waals surface area contributed by atoms with E-state index in [9.17, 15) is 9.90 Å². The van der Waals surface area contributed by atoms with Crippen LogP contribution in [0.5, 0.6) is 0 Å². The van der Waals surface area contributed by atoms with Crippen LogP contribution in [0.2, 0.25) is 0 Å². The summed E-state index contributed by atoms with van der Waals surface area (Å²) in [7, 11) is 0. The Morgan fingerprint density at radius 2 is 2.27 bits per heavy atom. The summed E-state index contributed by atoms with van der Waals surface area (Å²) in [6.45, 7) is 5.63. The molecule has 0 aliphatic carbocycles. The number of pyridine rings is 1.